The lowest BCUT2D eigenvalue weighted by atomic mass is 10.1. The van der Waals surface area contributed by atoms with Crippen molar-refractivity contribution in [3.8, 4) is 5.75 Å². The first-order valence-electron chi connectivity index (χ1n) is 8.84. The Hall–Kier alpha value is -2.57. The lowest BCUT2D eigenvalue weighted by Gasteiger charge is -2.17. The van der Waals surface area contributed by atoms with E-state index in [4.69, 9.17) is 4.74 Å². The quantitative estimate of drug-likeness (QED) is 0.536. The van der Waals surface area contributed by atoms with Crippen molar-refractivity contribution in [1.29, 1.82) is 0 Å². The number of rotatable bonds is 9. The zero-order chi connectivity index (χ0) is 18.9. The van der Waals surface area contributed by atoms with Crippen LogP contribution in [0.3, 0.4) is 0 Å². The van der Waals surface area contributed by atoms with Crippen LogP contribution in [-0.2, 0) is 19.1 Å². The van der Waals surface area contributed by atoms with Crippen molar-refractivity contribution in [2.45, 2.75) is 32.1 Å². The SMILES string of the molecule is COC(=O)CCCCCNC(=O)C1CC(=O)N(c2cccc(OC)c2)C1. The zero-order valence-electron chi connectivity index (χ0n) is 15.3. The van der Waals surface area contributed by atoms with Crippen molar-refractivity contribution in [1.82, 2.24) is 5.32 Å². The van der Waals surface area contributed by atoms with Crippen LogP contribution in [0.2, 0.25) is 0 Å². The first-order valence-corrected chi connectivity index (χ1v) is 8.84. The zero-order valence-corrected chi connectivity index (χ0v) is 15.3. The summed E-state index contributed by atoms with van der Waals surface area (Å²) in [6.07, 6.45) is 2.99. The fourth-order valence-electron chi connectivity index (χ4n) is 2.94. The number of methoxy groups -OCH3 is 2. The maximum Gasteiger partial charge on any atom is 0.305 e. The number of benzene rings is 1. The first-order chi connectivity index (χ1) is 12.5. The molecule has 1 unspecified atom stereocenters. The highest BCUT2D eigenvalue weighted by Gasteiger charge is 2.35. The van der Waals surface area contributed by atoms with Gasteiger partial charge in [0.1, 0.15) is 5.75 Å². The highest BCUT2D eigenvalue weighted by molar-refractivity contribution is 6.00. The summed E-state index contributed by atoms with van der Waals surface area (Å²) in [7, 11) is 2.95. The Bertz CT molecular complexity index is 647. The predicted octanol–water partition coefficient (Wildman–Crippen LogP) is 1.90. The number of anilines is 1. The second-order valence-electron chi connectivity index (χ2n) is 6.28. The molecule has 0 saturated carbocycles. The average molecular weight is 362 g/mol. The van der Waals surface area contributed by atoms with Crippen LogP contribution < -0.4 is 15.0 Å². The molecule has 2 amide bonds. The summed E-state index contributed by atoms with van der Waals surface area (Å²) in [6, 6.07) is 7.26. The van der Waals surface area contributed by atoms with Gasteiger partial charge in [-0.1, -0.05) is 12.5 Å². The molecule has 1 aromatic carbocycles. The van der Waals surface area contributed by atoms with Crippen molar-refractivity contribution in [3.05, 3.63) is 24.3 Å². The van der Waals surface area contributed by atoms with Crippen molar-refractivity contribution in [2.24, 2.45) is 5.92 Å². The molecule has 7 heteroatoms. The Labute approximate surface area is 153 Å². The Morgan fingerprint density at radius 2 is 2.04 bits per heavy atom. The molecule has 0 aliphatic carbocycles. The van der Waals surface area contributed by atoms with Gasteiger partial charge in [-0.05, 0) is 25.0 Å². The second kappa shape index (κ2) is 9.79. The number of hydrogen-bond donors (Lipinski definition) is 1. The van der Waals surface area contributed by atoms with Crippen LogP contribution in [0.25, 0.3) is 0 Å². The summed E-state index contributed by atoms with van der Waals surface area (Å²) in [5, 5.41) is 2.88. The molecule has 0 aromatic heterocycles. The van der Waals surface area contributed by atoms with Crippen molar-refractivity contribution < 1.29 is 23.9 Å². The van der Waals surface area contributed by atoms with Gasteiger partial charge in [-0.15, -0.1) is 0 Å². The molecule has 0 bridgehead atoms. The Morgan fingerprint density at radius 3 is 2.77 bits per heavy atom. The molecular formula is C19H26N2O5. The number of carbonyl (C=O) groups excluding carboxylic acids is 3. The number of ether oxygens (including phenoxy) is 2. The van der Waals surface area contributed by atoms with E-state index in [0.717, 1.165) is 24.9 Å². The van der Waals surface area contributed by atoms with Gasteiger partial charge in [-0.25, -0.2) is 0 Å². The summed E-state index contributed by atoms with van der Waals surface area (Å²) in [5.41, 5.74) is 0.743. The molecule has 0 spiro atoms. The topological polar surface area (TPSA) is 84.9 Å². The molecule has 1 N–H and O–H groups in total. The summed E-state index contributed by atoms with van der Waals surface area (Å²) in [5.74, 6) is -0.0386. The van der Waals surface area contributed by atoms with Gasteiger partial charge in [0.25, 0.3) is 0 Å². The van der Waals surface area contributed by atoms with Crippen molar-refractivity contribution >= 4 is 23.5 Å². The number of hydrogen-bond acceptors (Lipinski definition) is 5. The van der Waals surface area contributed by atoms with E-state index in [9.17, 15) is 14.4 Å². The fraction of sp³-hybridized carbons (Fsp3) is 0.526. The normalized spacial score (nSPS) is 16.5. The van der Waals surface area contributed by atoms with Gasteiger partial charge in [0.2, 0.25) is 11.8 Å². The number of nitrogens with one attached hydrogen (secondary N) is 1. The van der Waals surface area contributed by atoms with Gasteiger partial charge >= 0.3 is 5.97 Å². The fourth-order valence-corrected chi connectivity index (χ4v) is 2.94. The van der Waals surface area contributed by atoms with Crippen LogP contribution in [0.1, 0.15) is 32.1 Å². The van der Waals surface area contributed by atoms with Gasteiger partial charge in [0, 0.05) is 37.7 Å². The number of carbonyl (C=O) groups is 3. The molecule has 1 aliphatic heterocycles. The molecule has 1 aromatic rings. The van der Waals surface area contributed by atoms with Crippen LogP contribution in [0.5, 0.6) is 5.75 Å². The summed E-state index contributed by atoms with van der Waals surface area (Å²) in [6.45, 7) is 0.921. The van der Waals surface area contributed by atoms with Crippen LogP contribution in [-0.4, -0.2) is 45.1 Å². The molecular weight excluding hydrogens is 336 g/mol. The van der Waals surface area contributed by atoms with Gasteiger partial charge in [-0.2, -0.15) is 0 Å². The number of unbranched alkanes of at least 4 members (excludes halogenated alkanes) is 2. The molecule has 2 rings (SSSR count). The molecule has 26 heavy (non-hydrogen) atoms. The smallest absolute Gasteiger partial charge is 0.305 e. The molecule has 1 saturated heterocycles. The second-order valence-corrected chi connectivity index (χ2v) is 6.28. The van der Waals surface area contributed by atoms with E-state index in [0.29, 0.717) is 25.3 Å². The Kier molecular flexibility index (Phi) is 7.44. The summed E-state index contributed by atoms with van der Waals surface area (Å²) >= 11 is 0. The molecule has 1 heterocycles. The number of esters is 1. The lowest BCUT2D eigenvalue weighted by molar-refractivity contribution is -0.140. The van der Waals surface area contributed by atoms with Gasteiger partial charge < -0.3 is 19.7 Å². The highest BCUT2D eigenvalue weighted by atomic mass is 16.5. The molecule has 1 atom stereocenters. The average Bonchev–Trinajstić information content (AvgIpc) is 3.06. The van der Waals surface area contributed by atoms with Crippen LogP contribution >= 0.6 is 0 Å². The molecule has 7 nitrogen and oxygen atoms in total. The third kappa shape index (κ3) is 5.47. The van der Waals surface area contributed by atoms with Gasteiger partial charge in [0.15, 0.2) is 0 Å². The third-order valence-corrected chi connectivity index (χ3v) is 4.45. The van der Waals surface area contributed by atoms with E-state index in [1.165, 1.54) is 7.11 Å². The standard InChI is InChI=1S/C19H26N2O5/c1-25-16-8-6-7-15(12-16)21-13-14(11-17(21)22)19(24)20-10-5-3-4-9-18(23)26-2/h6-8,12,14H,3-5,9-11,13H2,1-2H3,(H,20,24). The third-order valence-electron chi connectivity index (χ3n) is 4.45. The van der Waals surface area contributed by atoms with Crippen LogP contribution in [0.15, 0.2) is 24.3 Å². The summed E-state index contributed by atoms with van der Waals surface area (Å²) in [4.78, 5) is 37.2. The monoisotopic (exact) mass is 362 g/mol. The van der Waals surface area contributed by atoms with Gasteiger partial charge in [0.05, 0.1) is 20.1 Å². The van der Waals surface area contributed by atoms with E-state index in [1.54, 1.807) is 18.1 Å². The van der Waals surface area contributed by atoms with Crippen LogP contribution in [0.4, 0.5) is 5.69 Å². The predicted molar refractivity (Wildman–Crippen MR) is 96.9 cm³/mol. The maximum absolute atomic E-state index is 12.3. The minimum absolute atomic E-state index is 0.0588. The van der Waals surface area contributed by atoms with E-state index in [1.807, 2.05) is 18.2 Å². The highest BCUT2D eigenvalue weighted by Crippen LogP contribution is 2.27. The number of amides is 2. The molecule has 0 radical (unpaired) electrons. The molecule has 1 fully saturated rings. The largest absolute Gasteiger partial charge is 0.497 e. The van der Waals surface area contributed by atoms with Crippen molar-refractivity contribution in [2.75, 3.05) is 32.2 Å². The van der Waals surface area contributed by atoms with E-state index in [-0.39, 0.29) is 30.1 Å². The van der Waals surface area contributed by atoms with Crippen molar-refractivity contribution in [3.63, 3.8) is 0 Å². The van der Waals surface area contributed by atoms with Gasteiger partial charge in [-0.3, -0.25) is 14.4 Å². The minimum atomic E-state index is -0.344. The van der Waals surface area contributed by atoms with E-state index < -0.39 is 0 Å². The lowest BCUT2D eigenvalue weighted by Crippen LogP contribution is -2.33. The Morgan fingerprint density at radius 1 is 1.23 bits per heavy atom. The maximum atomic E-state index is 12.3. The molecule has 1 aliphatic rings. The van der Waals surface area contributed by atoms with E-state index in [2.05, 4.69) is 10.1 Å². The number of nitrogens with zero attached hydrogens (tertiary/aromatic N) is 1. The minimum Gasteiger partial charge on any atom is -0.497 e. The van der Waals surface area contributed by atoms with E-state index >= 15 is 0 Å². The molecule has 142 valence electrons. The van der Waals surface area contributed by atoms with Crippen LogP contribution in [0, 0.1) is 5.92 Å². The summed E-state index contributed by atoms with van der Waals surface area (Å²) < 4.78 is 9.77. The first kappa shape index (κ1) is 19.8. The Balaban J connectivity index is 1.75.